The molecule has 4 nitrogen and oxygen atoms in total. The smallest absolute Gasteiger partial charge is 0.409 e. The fourth-order valence-corrected chi connectivity index (χ4v) is 3.90. The molecule has 2 aliphatic rings. The fraction of sp³-hybridized carbons (Fsp3) is 0.632. The number of ether oxygens (including phenoxy) is 1. The Balaban J connectivity index is 1.51. The number of benzene rings is 1. The van der Waals surface area contributed by atoms with Crippen molar-refractivity contribution in [1.82, 2.24) is 9.80 Å². The number of rotatable bonds is 5. The van der Waals surface area contributed by atoms with Crippen LogP contribution in [-0.2, 0) is 11.3 Å². The molecule has 0 spiro atoms. The van der Waals surface area contributed by atoms with E-state index in [2.05, 4.69) is 42.2 Å². The monoisotopic (exact) mass is 316 g/mol. The summed E-state index contributed by atoms with van der Waals surface area (Å²) in [6.45, 7) is 7.57. The Morgan fingerprint density at radius 3 is 2.48 bits per heavy atom. The van der Waals surface area contributed by atoms with Crippen molar-refractivity contribution in [2.75, 3.05) is 32.8 Å². The molecular weight excluding hydrogens is 288 g/mol. The third-order valence-corrected chi connectivity index (χ3v) is 4.89. The van der Waals surface area contributed by atoms with Crippen LogP contribution in [0.5, 0.6) is 0 Å². The highest BCUT2D eigenvalue weighted by Crippen LogP contribution is 2.29. The first-order chi connectivity index (χ1) is 11.2. The quantitative estimate of drug-likeness (QED) is 0.781. The summed E-state index contributed by atoms with van der Waals surface area (Å²) in [5, 5.41) is 0. The van der Waals surface area contributed by atoms with Gasteiger partial charge in [0.2, 0.25) is 0 Å². The van der Waals surface area contributed by atoms with E-state index in [0.29, 0.717) is 18.4 Å². The molecule has 23 heavy (non-hydrogen) atoms. The molecule has 0 N–H and O–H groups in total. The van der Waals surface area contributed by atoms with Crippen LogP contribution in [0.25, 0.3) is 0 Å². The minimum absolute atomic E-state index is 0.107. The van der Waals surface area contributed by atoms with Gasteiger partial charge in [-0.25, -0.2) is 4.79 Å². The second kappa shape index (κ2) is 7.82. The molecule has 1 aromatic carbocycles. The second-order valence-electron chi connectivity index (χ2n) is 7.02. The molecule has 4 heteroatoms. The maximum absolute atomic E-state index is 12.2. The molecule has 2 aliphatic heterocycles. The summed E-state index contributed by atoms with van der Waals surface area (Å²) < 4.78 is 5.38. The lowest BCUT2D eigenvalue weighted by molar-refractivity contribution is 0.0195. The van der Waals surface area contributed by atoms with Gasteiger partial charge < -0.3 is 9.64 Å². The maximum Gasteiger partial charge on any atom is 0.409 e. The molecule has 2 fully saturated rings. The van der Waals surface area contributed by atoms with E-state index >= 15 is 0 Å². The lowest BCUT2D eigenvalue weighted by Gasteiger charge is -2.45. The van der Waals surface area contributed by atoms with Crippen LogP contribution in [0.1, 0.15) is 31.7 Å². The number of carbonyl (C=O) groups excluding carboxylic acids is 1. The number of hydrogen-bond donors (Lipinski definition) is 0. The van der Waals surface area contributed by atoms with Crippen LogP contribution in [0.4, 0.5) is 4.79 Å². The van der Waals surface area contributed by atoms with Gasteiger partial charge in [0.25, 0.3) is 0 Å². The van der Waals surface area contributed by atoms with Crippen molar-refractivity contribution >= 4 is 6.09 Å². The van der Waals surface area contributed by atoms with Gasteiger partial charge in [0.15, 0.2) is 0 Å². The SMILES string of the molecule is CCCCOC(=O)N1CC2CC(CN(Cc3ccccc3)C2)C1. The number of likely N-dealkylation sites (tertiary alicyclic amines) is 2. The molecule has 0 aliphatic carbocycles. The van der Waals surface area contributed by atoms with Crippen LogP contribution in [0.3, 0.4) is 0 Å². The largest absolute Gasteiger partial charge is 0.449 e. The lowest BCUT2D eigenvalue weighted by Crippen LogP contribution is -2.53. The summed E-state index contributed by atoms with van der Waals surface area (Å²) >= 11 is 0. The van der Waals surface area contributed by atoms with Crippen LogP contribution in [-0.4, -0.2) is 48.7 Å². The molecule has 2 unspecified atom stereocenters. The minimum Gasteiger partial charge on any atom is -0.449 e. The van der Waals surface area contributed by atoms with Gasteiger partial charge in [-0.1, -0.05) is 43.7 Å². The fourth-order valence-electron chi connectivity index (χ4n) is 3.90. The molecule has 2 heterocycles. The van der Waals surface area contributed by atoms with Crippen molar-refractivity contribution in [3.63, 3.8) is 0 Å². The number of carbonyl (C=O) groups is 1. The van der Waals surface area contributed by atoms with E-state index in [1.807, 2.05) is 4.90 Å². The first-order valence-corrected chi connectivity index (χ1v) is 8.92. The Morgan fingerprint density at radius 2 is 1.83 bits per heavy atom. The van der Waals surface area contributed by atoms with Crippen molar-refractivity contribution in [2.24, 2.45) is 11.8 Å². The van der Waals surface area contributed by atoms with E-state index in [1.54, 1.807) is 0 Å². The average Bonchev–Trinajstić information content (AvgIpc) is 2.55. The van der Waals surface area contributed by atoms with Gasteiger partial charge in [-0.15, -0.1) is 0 Å². The van der Waals surface area contributed by atoms with E-state index in [1.165, 1.54) is 12.0 Å². The molecule has 1 amide bonds. The first-order valence-electron chi connectivity index (χ1n) is 8.92. The van der Waals surface area contributed by atoms with Crippen molar-refractivity contribution in [3.8, 4) is 0 Å². The highest BCUT2D eigenvalue weighted by atomic mass is 16.6. The number of hydrogen-bond acceptors (Lipinski definition) is 3. The third-order valence-electron chi connectivity index (χ3n) is 4.89. The highest BCUT2D eigenvalue weighted by molar-refractivity contribution is 5.67. The normalized spacial score (nSPS) is 24.5. The van der Waals surface area contributed by atoms with Gasteiger partial charge in [0.05, 0.1) is 6.61 Å². The molecule has 1 aromatic rings. The summed E-state index contributed by atoms with van der Waals surface area (Å²) in [5.41, 5.74) is 1.38. The maximum atomic E-state index is 12.2. The van der Waals surface area contributed by atoms with Crippen LogP contribution >= 0.6 is 0 Å². The predicted octanol–water partition coefficient (Wildman–Crippen LogP) is 3.38. The number of amides is 1. The molecule has 3 rings (SSSR count). The Bertz CT molecular complexity index is 491. The van der Waals surface area contributed by atoms with Gasteiger partial charge >= 0.3 is 6.09 Å². The van der Waals surface area contributed by atoms with Gasteiger partial charge in [-0.05, 0) is 30.2 Å². The number of piperidine rings is 2. The van der Waals surface area contributed by atoms with Crippen LogP contribution < -0.4 is 0 Å². The van der Waals surface area contributed by atoms with Crippen LogP contribution in [0.15, 0.2) is 30.3 Å². The van der Waals surface area contributed by atoms with Crippen molar-refractivity contribution in [3.05, 3.63) is 35.9 Å². The van der Waals surface area contributed by atoms with Gasteiger partial charge in [0, 0.05) is 32.7 Å². The highest BCUT2D eigenvalue weighted by Gasteiger charge is 2.36. The molecule has 126 valence electrons. The molecular formula is C19H28N2O2. The second-order valence-corrected chi connectivity index (χ2v) is 7.02. The number of unbranched alkanes of at least 4 members (excludes halogenated alkanes) is 1. The van der Waals surface area contributed by atoms with E-state index in [4.69, 9.17) is 4.74 Å². The van der Waals surface area contributed by atoms with Gasteiger partial charge in [-0.2, -0.15) is 0 Å². The predicted molar refractivity (Wildman–Crippen MR) is 91.1 cm³/mol. The lowest BCUT2D eigenvalue weighted by atomic mass is 9.84. The zero-order valence-corrected chi connectivity index (χ0v) is 14.1. The van der Waals surface area contributed by atoms with E-state index in [0.717, 1.165) is 45.6 Å². The number of fused-ring (bicyclic) bond motifs is 2. The first kappa shape index (κ1) is 16.3. The summed E-state index contributed by atoms with van der Waals surface area (Å²) in [5.74, 6) is 1.18. The summed E-state index contributed by atoms with van der Waals surface area (Å²) in [7, 11) is 0. The molecule has 2 atom stereocenters. The summed E-state index contributed by atoms with van der Waals surface area (Å²) in [6.07, 6.45) is 3.17. The van der Waals surface area contributed by atoms with Gasteiger partial charge in [-0.3, -0.25) is 4.90 Å². The molecule has 0 aromatic heterocycles. The molecule has 0 saturated carbocycles. The third kappa shape index (κ3) is 4.47. The Kier molecular flexibility index (Phi) is 5.55. The van der Waals surface area contributed by atoms with E-state index in [9.17, 15) is 4.79 Å². The van der Waals surface area contributed by atoms with Crippen LogP contribution in [0.2, 0.25) is 0 Å². The molecule has 0 radical (unpaired) electrons. The topological polar surface area (TPSA) is 32.8 Å². The van der Waals surface area contributed by atoms with Gasteiger partial charge in [0.1, 0.15) is 0 Å². The average molecular weight is 316 g/mol. The van der Waals surface area contributed by atoms with E-state index < -0.39 is 0 Å². The molecule has 2 bridgehead atoms. The Hall–Kier alpha value is -1.55. The summed E-state index contributed by atoms with van der Waals surface area (Å²) in [6, 6.07) is 10.7. The van der Waals surface area contributed by atoms with E-state index in [-0.39, 0.29) is 6.09 Å². The molecule has 2 saturated heterocycles. The number of nitrogens with zero attached hydrogens (tertiary/aromatic N) is 2. The Morgan fingerprint density at radius 1 is 1.13 bits per heavy atom. The van der Waals surface area contributed by atoms with Crippen LogP contribution in [0, 0.1) is 11.8 Å². The van der Waals surface area contributed by atoms with Crippen molar-refractivity contribution in [1.29, 1.82) is 0 Å². The minimum atomic E-state index is -0.107. The summed E-state index contributed by atoms with van der Waals surface area (Å²) in [4.78, 5) is 16.7. The van der Waals surface area contributed by atoms with Crippen molar-refractivity contribution < 1.29 is 9.53 Å². The van der Waals surface area contributed by atoms with Crippen molar-refractivity contribution in [2.45, 2.75) is 32.7 Å². The zero-order chi connectivity index (χ0) is 16.1. The standard InChI is InChI=1S/C19H28N2O2/c1-2-3-9-23-19(22)21-14-17-10-18(15-21)13-20(12-17)11-16-7-5-4-6-8-16/h4-8,17-18H,2-3,9-15H2,1H3. The zero-order valence-electron chi connectivity index (χ0n) is 14.1. The Labute approximate surface area is 139 Å².